The van der Waals surface area contributed by atoms with Crippen LogP contribution >= 0.6 is 11.8 Å². The van der Waals surface area contributed by atoms with E-state index in [1.807, 2.05) is 51.1 Å². The van der Waals surface area contributed by atoms with Gasteiger partial charge in [-0.2, -0.15) is 0 Å². The fraction of sp³-hybridized carbons (Fsp3) is 0.316. The summed E-state index contributed by atoms with van der Waals surface area (Å²) in [6.45, 7) is 6.03. The molecule has 2 aromatic carbocycles. The molecule has 26 heavy (non-hydrogen) atoms. The first-order valence-electron chi connectivity index (χ1n) is 8.24. The van der Waals surface area contributed by atoms with Gasteiger partial charge in [-0.05, 0) is 44.5 Å². The molecule has 0 spiro atoms. The third-order valence-corrected chi connectivity index (χ3v) is 5.00. The van der Waals surface area contributed by atoms with Crippen LogP contribution in [0.1, 0.15) is 25.0 Å². The number of aryl methyl sites for hydroxylation is 1. The van der Waals surface area contributed by atoms with Crippen LogP contribution in [0.5, 0.6) is 0 Å². The molecule has 1 N–H and O–H groups in total. The lowest BCUT2D eigenvalue weighted by molar-refractivity contribution is -0.387. The summed E-state index contributed by atoms with van der Waals surface area (Å²) in [5.74, 6) is -0.917. The number of hydrogen-bond acceptors (Lipinski definition) is 5. The summed E-state index contributed by atoms with van der Waals surface area (Å²) in [6.07, 6.45) is 0. The van der Waals surface area contributed by atoms with Gasteiger partial charge in [0.25, 0.3) is 5.69 Å². The second-order valence-electron chi connectivity index (χ2n) is 6.37. The maximum Gasteiger partial charge on any atom is 0.317 e. The maximum absolute atomic E-state index is 11.5. The summed E-state index contributed by atoms with van der Waals surface area (Å²) in [6, 6.07) is 12.9. The van der Waals surface area contributed by atoms with Gasteiger partial charge in [0.1, 0.15) is 0 Å². The first-order valence-corrected chi connectivity index (χ1v) is 9.05. The molecule has 0 heterocycles. The van der Waals surface area contributed by atoms with Crippen LogP contribution in [0.15, 0.2) is 52.3 Å². The summed E-state index contributed by atoms with van der Waals surface area (Å²) in [5, 5.41) is 20.5. The van der Waals surface area contributed by atoms with Crippen LogP contribution in [0.2, 0.25) is 0 Å². The molecule has 0 radical (unpaired) electrons. The fourth-order valence-electron chi connectivity index (χ4n) is 2.45. The average molecular weight is 374 g/mol. The van der Waals surface area contributed by atoms with E-state index in [0.29, 0.717) is 11.4 Å². The number of carbonyl (C=O) groups is 1. The zero-order valence-corrected chi connectivity index (χ0v) is 15.8. The van der Waals surface area contributed by atoms with Gasteiger partial charge in [-0.25, -0.2) is 0 Å². The number of aliphatic carboxylic acids is 1. The largest absolute Gasteiger partial charge is 0.480 e. The monoisotopic (exact) mass is 374 g/mol. The van der Waals surface area contributed by atoms with Gasteiger partial charge in [0.05, 0.1) is 16.4 Å². The summed E-state index contributed by atoms with van der Waals surface area (Å²) in [5.41, 5.74) is 1.89. The van der Waals surface area contributed by atoms with E-state index >= 15 is 0 Å². The zero-order valence-electron chi connectivity index (χ0n) is 15.0. The molecule has 0 atom stereocenters. The van der Waals surface area contributed by atoms with Gasteiger partial charge in [0.15, 0.2) is 0 Å². The van der Waals surface area contributed by atoms with Gasteiger partial charge in [-0.3, -0.25) is 19.8 Å². The highest BCUT2D eigenvalue weighted by Crippen LogP contribution is 2.35. The molecule has 7 heteroatoms. The lowest BCUT2D eigenvalue weighted by Crippen LogP contribution is -2.35. The Bertz CT molecular complexity index is 791. The highest BCUT2D eigenvalue weighted by atomic mass is 32.2. The SMILES string of the molecule is Cc1ccc(Sc2ccc(CN(CC(=O)O)C(C)C)cc2[N+](=O)[O-])cc1. The molecule has 0 saturated carbocycles. The minimum Gasteiger partial charge on any atom is -0.480 e. The molecule has 0 aliphatic heterocycles. The van der Waals surface area contributed by atoms with Gasteiger partial charge in [-0.15, -0.1) is 0 Å². The van der Waals surface area contributed by atoms with Crippen LogP contribution < -0.4 is 0 Å². The molecule has 138 valence electrons. The van der Waals surface area contributed by atoms with E-state index in [4.69, 9.17) is 5.11 Å². The maximum atomic E-state index is 11.5. The number of nitrogens with zero attached hydrogens (tertiary/aromatic N) is 2. The number of nitro benzene ring substituents is 1. The third-order valence-electron chi connectivity index (χ3n) is 3.92. The lowest BCUT2D eigenvalue weighted by Gasteiger charge is -2.24. The van der Waals surface area contributed by atoms with E-state index in [9.17, 15) is 14.9 Å². The van der Waals surface area contributed by atoms with Crippen molar-refractivity contribution in [2.24, 2.45) is 0 Å². The molecule has 0 bridgehead atoms. The first-order chi connectivity index (χ1) is 12.3. The van der Waals surface area contributed by atoms with Crippen molar-refractivity contribution in [3.8, 4) is 0 Å². The quantitative estimate of drug-likeness (QED) is 0.546. The number of hydrogen-bond donors (Lipinski definition) is 1. The molecule has 0 aliphatic rings. The van der Waals surface area contributed by atoms with Crippen LogP contribution in [-0.4, -0.2) is 33.5 Å². The Morgan fingerprint density at radius 2 is 1.88 bits per heavy atom. The minimum absolute atomic E-state index is 0.0202. The number of benzene rings is 2. The number of rotatable bonds is 8. The van der Waals surface area contributed by atoms with Gasteiger partial charge >= 0.3 is 5.97 Å². The van der Waals surface area contributed by atoms with E-state index in [1.165, 1.54) is 17.8 Å². The lowest BCUT2D eigenvalue weighted by atomic mass is 10.1. The Morgan fingerprint density at radius 1 is 1.23 bits per heavy atom. The van der Waals surface area contributed by atoms with Crippen molar-refractivity contribution < 1.29 is 14.8 Å². The molecule has 0 aromatic heterocycles. The van der Waals surface area contributed by atoms with Crippen molar-refractivity contribution in [3.05, 3.63) is 63.7 Å². The molecule has 0 unspecified atom stereocenters. The highest BCUT2D eigenvalue weighted by Gasteiger charge is 2.19. The van der Waals surface area contributed by atoms with Crippen LogP contribution in [0, 0.1) is 17.0 Å². The molecule has 2 rings (SSSR count). The van der Waals surface area contributed by atoms with Gasteiger partial charge in [0, 0.05) is 23.5 Å². The van der Waals surface area contributed by atoms with Crippen molar-refractivity contribution in [1.82, 2.24) is 4.90 Å². The van der Waals surface area contributed by atoms with Crippen LogP contribution in [0.4, 0.5) is 5.69 Å². The van der Waals surface area contributed by atoms with Crippen molar-refractivity contribution in [3.63, 3.8) is 0 Å². The Balaban J connectivity index is 2.26. The Hall–Kier alpha value is -2.38. The normalized spacial score (nSPS) is 11.1. The van der Waals surface area contributed by atoms with Crippen molar-refractivity contribution in [1.29, 1.82) is 0 Å². The van der Waals surface area contributed by atoms with Crippen LogP contribution in [0.3, 0.4) is 0 Å². The molecule has 0 amide bonds. The number of carboxylic acid groups (broad SMARTS) is 1. The predicted molar refractivity (Wildman–Crippen MR) is 102 cm³/mol. The Morgan fingerprint density at radius 3 is 2.42 bits per heavy atom. The highest BCUT2D eigenvalue weighted by molar-refractivity contribution is 7.99. The molecule has 0 fully saturated rings. The van der Waals surface area contributed by atoms with E-state index in [1.54, 1.807) is 11.0 Å². The Labute approximate surface area is 157 Å². The summed E-state index contributed by atoms with van der Waals surface area (Å²) in [7, 11) is 0. The van der Waals surface area contributed by atoms with E-state index in [-0.39, 0.29) is 18.3 Å². The average Bonchev–Trinajstić information content (AvgIpc) is 2.57. The number of nitro groups is 1. The van der Waals surface area contributed by atoms with Gasteiger partial charge in [0.2, 0.25) is 0 Å². The fourth-order valence-corrected chi connectivity index (χ4v) is 3.35. The topological polar surface area (TPSA) is 83.7 Å². The van der Waals surface area contributed by atoms with Crippen molar-refractivity contribution in [2.45, 2.75) is 43.1 Å². The van der Waals surface area contributed by atoms with E-state index in [2.05, 4.69) is 0 Å². The van der Waals surface area contributed by atoms with Gasteiger partial charge in [-0.1, -0.05) is 35.5 Å². The second kappa shape index (κ2) is 8.82. The molecule has 0 aliphatic carbocycles. The molecule has 6 nitrogen and oxygen atoms in total. The van der Waals surface area contributed by atoms with Crippen molar-refractivity contribution in [2.75, 3.05) is 6.54 Å². The second-order valence-corrected chi connectivity index (χ2v) is 7.48. The third kappa shape index (κ3) is 5.57. The summed E-state index contributed by atoms with van der Waals surface area (Å²) >= 11 is 1.35. The first kappa shape index (κ1) is 19.9. The molecular formula is C19H22N2O4S. The van der Waals surface area contributed by atoms with Crippen molar-refractivity contribution >= 4 is 23.4 Å². The number of carboxylic acids is 1. The van der Waals surface area contributed by atoms with E-state index in [0.717, 1.165) is 16.0 Å². The smallest absolute Gasteiger partial charge is 0.317 e. The molecule has 2 aromatic rings. The van der Waals surface area contributed by atoms with E-state index < -0.39 is 10.9 Å². The van der Waals surface area contributed by atoms with Crippen LogP contribution in [-0.2, 0) is 11.3 Å². The standard InChI is InChI=1S/C19H22N2O4S/c1-13(2)20(12-19(22)23)11-15-6-9-18(17(10-15)21(24)25)26-16-7-4-14(3)5-8-16/h4-10,13H,11-12H2,1-3H3,(H,22,23). The summed E-state index contributed by atoms with van der Waals surface area (Å²) < 4.78 is 0. The molecular weight excluding hydrogens is 352 g/mol. The van der Waals surface area contributed by atoms with Gasteiger partial charge < -0.3 is 5.11 Å². The summed E-state index contributed by atoms with van der Waals surface area (Å²) in [4.78, 5) is 25.4. The Kier molecular flexibility index (Phi) is 6.76. The predicted octanol–water partition coefficient (Wildman–Crippen LogP) is 4.35. The molecule has 0 saturated heterocycles. The zero-order chi connectivity index (χ0) is 19.3. The van der Waals surface area contributed by atoms with Crippen LogP contribution in [0.25, 0.3) is 0 Å². The minimum atomic E-state index is -0.917.